The molecule has 4 nitrogen and oxygen atoms in total. The first-order valence-corrected chi connectivity index (χ1v) is 9.08. The number of fused-ring (bicyclic) bond motifs is 1. The second-order valence-corrected chi connectivity index (χ2v) is 7.31. The van der Waals surface area contributed by atoms with Crippen LogP contribution in [-0.4, -0.2) is 27.7 Å². The first kappa shape index (κ1) is 16.0. The molecule has 3 aromatic rings. The van der Waals surface area contributed by atoms with E-state index in [1.54, 1.807) is 7.05 Å². The fraction of sp³-hybridized carbons (Fsp3) is 0.200. The summed E-state index contributed by atoms with van der Waals surface area (Å²) >= 11 is 1.09. The molecule has 2 heterocycles. The van der Waals surface area contributed by atoms with Crippen LogP contribution in [0.4, 0.5) is 4.79 Å². The Morgan fingerprint density at radius 2 is 1.68 bits per heavy atom. The van der Waals surface area contributed by atoms with E-state index >= 15 is 0 Å². The molecule has 2 unspecified atom stereocenters. The molecule has 1 saturated heterocycles. The summed E-state index contributed by atoms with van der Waals surface area (Å²) in [6, 6.07) is 18.5. The van der Waals surface area contributed by atoms with E-state index in [9.17, 15) is 9.59 Å². The number of nitrogens with zero attached hydrogens (tertiary/aromatic N) is 2. The smallest absolute Gasteiger partial charge is 0.289 e. The fourth-order valence-corrected chi connectivity index (χ4v) is 4.37. The molecule has 126 valence electrons. The van der Waals surface area contributed by atoms with Gasteiger partial charge in [-0.1, -0.05) is 48.5 Å². The molecule has 0 spiro atoms. The lowest BCUT2D eigenvalue weighted by Gasteiger charge is -2.15. The molecular weight excluding hydrogens is 332 g/mol. The topological polar surface area (TPSA) is 42.3 Å². The van der Waals surface area contributed by atoms with Crippen LogP contribution in [0.2, 0.25) is 0 Å². The monoisotopic (exact) mass is 350 g/mol. The number of carbonyl (C=O) groups excluding carboxylic acids is 2. The quantitative estimate of drug-likeness (QED) is 0.692. The Labute approximate surface area is 150 Å². The zero-order valence-electron chi connectivity index (χ0n) is 14.0. The molecule has 2 atom stereocenters. The molecule has 5 heteroatoms. The van der Waals surface area contributed by atoms with Gasteiger partial charge in [0.05, 0.1) is 6.04 Å². The number of thioether (sulfide) groups is 1. The Morgan fingerprint density at radius 3 is 2.36 bits per heavy atom. The Kier molecular flexibility index (Phi) is 3.88. The van der Waals surface area contributed by atoms with E-state index in [1.165, 1.54) is 10.5 Å². The minimum Gasteiger partial charge on any atom is -0.340 e. The van der Waals surface area contributed by atoms with Crippen LogP contribution in [0.5, 0.6) is 0 Å². The van der Waals surface area contributed by atoms with Crippen LogP contribution in [0, 0.1) is 0 Å². The van der Waals surface area contributed by atoms with Gasteiger partial charge in [-0.3, -0.25) is 14.5 Å². The lowest BCUT2D eigenvalue weighted by Crippen LogP contribution is -2.24. The van der Waals surface area contributed by atoms with Gasteiger partial charge in [-0.05, 0) is 30.3 Å². The predicted molar refractivity (Wildman–Crippen MR) is 101 cm³/mol. The van der Waals surface area contributed by atoms with Gasteiger partial charge in [0.1, 0.15) is 5.25 Å². The lowest BCUT2D eigenvalue weighted by atomic mass is 10.1. The zero-order chi connectivity index (χ0) is 17.6. The van der Waals surface area contributed by atoms with Crippen molar-refractivity contribution in [3.8, 4) is 0 Å². The number of likely N-dealkylation sites (N-methyl/N-ethyl adjacent to an activating group) is 1. The molecule has 2 amide bonds. The maximum atomic E-state index is 12.5. The average Bonchev–Trinajstić information content (AvgIpc) is 3.15. The average molecular weight is 350 g/mol. The van der Waals surface area contributed by atoms with Crippen LogP contribution in [-0.2, 0) is 4.79 Å². The molecule has 0 saturated carbocycles. The summed E-state index contributed by atoms with van der Waals surface area (Å²) in [5, 5.41) is 0.369. The van der Waals surface area contributed by atoms with Crippen molar-refractivity contribution in [3.63, 3.8) is 0 Å². The second kappa shape index (κ2) is 6.08. The molecule has 1 aliphatic heterocycles. The minimum atomic E-state index is -0.466. The first-order valence-electron chi connectivity index (χ1n) is 8.20. The van der Waals surface area contributed by atoms with E-state index in [0.717, 1.165) is 28.2 Å². The van der Waals surface area contributed by atoms with Crippen LogP contribution in [0.15, 0.2) is 60.8 Å². The highest BCUT2D eigenvalue weighted by molar-refractivity contribution is 8.15. The largest absolute Gasteiger partial charge is 0.340 e. The van der Waals surface area contributed by atoms with Gasteiger partial charge < -0.3 is 4.57 Å². The summed E-state index contributed by atoms with van der Waals surface area (Å²) in [6.07, 6.45) is 2.03. The Hall–Kier alpha value is -2.53. The molecule has 25 heavy (non-hydrogen) atoms. The van der Waals surface area contributed by atoms with Gasteiger partial charge in [-0.25, -0.2) is 0 Å². The van der Waals surface area contributed by atoms with Gasteiger partial charge in [0.2, 0.25) is 5.91 Å². The van der Waals surface area contributed by atoms with Gasteiger partial charge in [0, 0.05) is 29.7 Å². The van der Waals surface area contributed by atoms with Gasteiger partial charge >= 0.3 is 0 Å². The molecule has 0 N–H and O–H groups in total. The number of hydrogen-bond acceptors (Lipinski definition) is 3. The summed E-state index contributed by atoms with van der Waals surface area (Å²) in [7, 11) is 1.55. The van der Waals surface area contributed by atoms with Gasteiger partial charge in [-0.2, -0.15) is 0 Å². The highest BCUT2D eigenvalue weighted by Crippen LogP contribution is 2.42. The van der Waals surface area contributed by atoms with Gasteiger partial charge in [-0.15, -0.1) is 0 Å². The molecule has 0 aliphatic carbocycles. The molecule has 1 aliphatic rings. The lowest BCUT2D eigenvalue weighted by molar-refractivity contribution is -0.125. The van der Waals surface area contributed by atoms with E-state index < -0.39 is 5.25 Å². The van der Waals surface area contributed by atoms with Crippen molar-refractivity contribution >= 4 is 33.8 Å². The van der Waals surface area contributed by atoms with Crippen LogP contribution in [0.25, 0.3) is 10.9 Å². The summed E-state index contributed by atoms with van der Waals surface area (Å²) in [5.74, 6) is -0.148. The van der Waals surface area contributed by atoms with Crippen LogP contribution >= 0.6 is 11.8 Å². The third-order valence-electron chi connectivity index (χ3n) is 4.80. The Bertz CT molecular complexity index is 964. The number of benzene rings is 2. The number of amides is 2. The zero-order valence-corrected chi connectivity index (χ0v) is 14.9. The third kappa shape index (κ3) is 2.55. The molecular formula is C20H18N2O2S. The highest BCUT2D eigenvalue weighted by Gasteiger charge is 2.39. The van der Waals surface area contributed by atoms with Crippen LogP contribution < -0.4 is 0 Å². The molecule has 4 rings (SSSR count). The molecule has 1 fully saturated rings. The molecule has 0 bridgehead atoms. The van der Waals surface area contributed by atoms with E-state index in [0.29, 0.717) is 0 Å². The SMILES string of the molecule is CC(c1ccccc1)n1cc(C2SC(=O)N(C)C2=O)c2ccccc21. The summed E-state index contributed by atoms with van der Waals surface area (Å²) in [5.41, 5.74) is 3.18. The summed E-state index contributed by atoms with van der Waals surface area (Å²) in [4.78, 5) is 25.6. The summed E-state index contributed by atoms with van der Waals surface area (Å²) < 4.78 is 2.19. The standard InChI is InChI=1S/C20H18N2O2S/c1-13(14-8-4-3-5-9-14)22-12-16(15-10-6-7-11-17(15)22)18-19(23)21(2)20(24)25-18/h3-13,18H,1-2H3. The Morgan fingerprint density at radius 1 is 1.00 bits per heavy atom. The van der Waals surface area contributed by atoms with Crippen molar-refractivity contribution < 1.29 is 9.59 Å². The minimum absolute atomic E-state index is 0.134. The number of aromatic nitrogens is 1. The molecule has 2 aromatic carbocycles. The number of carbonyl (C=O) groups is 2. The maximum absolute atomic E-state index is 12.5. The van der Waals surface area contributed by atoms with Gasteiger partial charge in [0.15, 0.2) is 0 Å². The Balaban J connectivity index is 1.85. The molecule has 1 aromatic heterocycles. The van der Waals surface area contributed by atoms with Crippen LogP contribution in [0.3, 0.4) is 0 Å². The van der Waals surface area contributed by atoms with Crippen LogP contribution in [0.1, 0.15) is 29.3 Å². The van der Waals surface area contributed by atoms with Crippen molar-refractivity contribution in [2.75, 3.05) is 7.05 Å². The van der Waals surface area contributed by atoms with Crippen molar-refractivity contribution in [2.24, 2.45) is 0 Å². The number of imide groups is 1. The van der Waals surface area contributed by atoms with Crippen molar-refractivity contribution in [3.05, 3.63) is 71.9 Å². The number of hydrogen-bond donors (Lipinski definition) is 0. The van der Waals surface area contributed by atoms with E-state index in [1.807, 2.05) is 42.6 Å². The predicted octanol–water partition coefficient (Wildman–Crippen LogP) is 4.62. The van der Waals surface area contributed by atoms with Crippen molar-refractivity contribution in [1.82, 2.24) is 9.47 Å². The number of rotatable bonds is 3. The maximum Gasteiger partial charge on any atom is 0.289 e. The second-order valence-electron chi connectivity index (χ2n) is 6.26. The van der Waals surface area contributed by atoms with Crippen molar-refractivity contribution in [1.29, 1.82) is 0 Å². The van der Waals surface area contributed by atoms with E-state index in [-0.39, 0.29) is 17.2 Å². The normalized spacial score (nSPS) is 19.0. The molecule has 0 radical (unpaired) electrons. The van der Waals surface area contributed by atoms with Gasteiger partial charge in [0.25, 0.3) is 5.24 Å². The van der Waals surface area contributed by atoms with E-state index in [4.69, 9.17) is 0 Å². The highest BCUT2D eigenvalue weighted by atomic mass is 32.2. The summed E-state index contributed by atoms with van der Waals surface area (Å²) in [6.45, 7) is 2.15. The third-order valence-corrected chi connectivity index (χ3v) is 5.97. The fourth-order valence-electron chi connectivity index (χ4n) is 3.35. The number of para-hydroxylation sites is 1. The van der Waals surface area contributed by atoms with E-state index in [2.05, 4.69) is 29.7 Å². The van der Waals surface area contributed by atoms with Crippen molar-refractivity contribution in [2.45, 2.75) is 18.2 Å². The first-order chi connectivity index (χ1) is 12.1.